The van der Waals surface area contributed by atoms with Crippen LogP contribution in [0.2, 0.25) is 0 Å². The zero-order chi connectivity index (χ0) is 16.7. The highest BCUT2D eigenvalue weighted by Gasteiger charge is 2.27. The Bertz CT molecular complexity index is 831. The molecule has 0 saturated heterocycles. The molecule has 2 heterocycles. The van der Waals surface area contributed by atoms with Crippen LogP contribution in [-0.4, -0.2) is 24.5 Å². The van der Waals surface area contributed by atoms with E-state index in [1.165, 1.54) is 5.56 Å². The number of hydrogen-bond donors (Lipinski definition) is 1. The fraction of sp³-hybridized carbons (Fsp3) is 0.263. The van der Waals surface area contributed by atoms with E-state index < -0.39 is 6.10 Å². The Morgan fingerprint density at radius 1 is 1.25 bits per heavy atom. The lowest BCUT2D eigenvalue weighted by molar-refractivity contribution is -0.122. The first-order valence-electron chi connectivity index (χ1n) is 8.15. The molecule has 0 spiro atoms. The highest BCUT2D eigenvalue weighted by Crippen LogP contribution is 2.33. The molecule has 0 bridgehead atoms. The molecule has 2 aliphatic heterocycles. The number of nitrogens with one attached hydrogen (secondary N) is 1. The van der Waals surface area contributed by atoms with E-state index in [2.05, 4.69) is 11.4 Å². The van der Waals surface area contributed by atoms with Gasteiger partial charge in [-0.15, -0.1) is 0 Å². The Morgan fingerprint density at radius 3 is 2.96 bits per heavy atom. The standard InChI is InChI=1S/C19H18N2O3/c1-12-18(22)20-15-9-8-14(11-17(15)24-12)19(23)21-10-4-6-13-5-2-3-7-16(13)21/h2-3,5,7-9,11-12H,4,6,10H2,1H3,(H,20,22). The second-order valence-corrected chi connectivity index (χ2v) is 6.15. The van der Waals surface area contributed by atoms with Crippen molar-refractivity contribution >= 4 is 23.2 Å². The highest BCUT2D eigenvalue weighted by molar-refractivity contribution is 6.08. The summed E-state index contributed by atoms with van der Waals surface area (Å²) in [7, 11) is 0. The van der Waals surface area contributed by atoms with E-state index in [9.17, 15) is 9.59 Å². The minimum absolute atomic E-state index is 0.0434. The molecule has 0 radical (unpaired) electrons. The third kappa shape index (κ3) is 2.42. The maximum atomic E-state index is 13.0. The number of hydrogen-bond acceptors (Lipinski definition) is 3. The van der Waals surface area contributed by atoms with Crippen molar-refractivity contribution in [1.82, 2.24) is 0 Å². The number of anilines is 2. The summed E-state index contributed by atoms with van der Waals surface area (Å²) in [5, 5.41) is 2.78. The first-order chi connectivity index (χ1) is 11.6. The van der Waals surface area contributed by atoms with Gasteiger partial charge >= 0.3 is 0 Å². The molecule has 0 aliphatic carbocycles. The van der Waals surface area contributed by atoms with Crippen LogP contribution in [0, 0.1) is 0 Å². The van der Waals surface area contributed by atoms with Gasteiger partial charge in [0.05, 0.1) is 5.69 Å². The smallest absolute Gasteiger partial charge is 0.265 e. The molecule has 1 N–H and O–H groups in total. The SMILES string of the molecule is CC1Oc2cc(C(=O)N3CCCc4ccccc43)ccc2NC1=O. The van der Waals surface area contributed by atoms with Crippen LogP contribution in [0.15, 0.2) is 42.5 Å². The van der Waals surface area contributed by atoms with Crippen molar-refractivity contribution in [1.29, 1.82) is 0 Å². The summed E-state index contributed by atoms with van der Waals surface area (Å²) in [5.41, 5.74) is 3.35. The Morgan fingerprint density at radius 2 is 2.08 bits per heavy atom. The lowest BCUT2D eigenvalue weighted by atomic mass is 10.0. The molecule has 2 aromatic rings. The number of aryl methyl sites for hydroxylation is 1. The number of para-hydroxylation sites is 1. The van der Waals surface area contributed by atoms with Gasteiger partial charge in [0.25, 0.3) is 11.8 Å². The summed E-state index contributed by atoms with van der Waals surface area (Å²) in [4.78, 5) is 26.5. The molecule has 4 rings (SSSR count). The second kappa shape index (κ2) is 5.67. The average molecular weight is 322 g/mol. The van der Waals surface area contributed by atoms with E-state index in [1.807, 2.05) is 23.1 Å². The molecule has 122 valence electrons. The van der Waals surface area contributed by atoms with Gasteiger partial charge in [-0.25, -0.2) is 0 Å². The number of ether oxygens (including phenoxy) is 1. The molecule has 1 atom stereocenters. The predicted molar refractivity (Wildman–Crippen MR) is 91.6 cm³/mol. The zero-order valence-corrected chi connectivity index (χ0v) is 13.4. The molecule has 2 amide bonds. The lowest BCUT2D eigenvalue weighted by Crippen LogP contribution is -2.36. The van der Waals surface area contributed by atoms with Crippen molar-refractivity contribution < 1.29 is 14.3 Å². The molecule has 0 saturated carbocycles. The number of fused-ring (bicyclic) bond motifs is 2. The Kier molecular flexibility index (Phi) is 3.49. The van der Waals surface area contributed by atoms with E-state index >= 15 is 0 Å². The second-order valence-electron chi connectivity index (χ2n) is 6.15. The van der Waals surface area contributed by atoms with E-state index in [4.69, 9.17) is 4.74 Å². The number of benzene rings is 2. The van der Waals surface area contributed by atoms with Gasteiger partial charge in [0.15, 0.2) is 6.10 Å². The van der Waals surface area contributed by atoms with Crippen LogP contribution in [0.5, 0.6) is 5.75 Å². The van der Waals surface area contributed by atoms with Crippen LogP contribution >= 0.6 is 0 Å². The molecular formula is C19H18N2O3. The minimum Gasteiger partial charge on any atom is -0.479 e. The van der Waals surface area contributed by atoms with Gasteiger partial charge in [0.2, 0.25) is 0 Å². The molecule has 5 heteroatoms. The predicted octanol–water partition coefficient (Wildman–Crippen LogP) is 3.00. The quantitative estimate of drug-likeness (QED) is 0.878. The first kappa shape index (κ1) is 14.8. The molecule has 1 unspecified atom stereocenters. The summed E-state index contributed by atoms with van der Waals surface area (Å²) in [6, 6.07) is 13.2. The Balaban J connectivity index is 1.67. The summed E-state index contributed by atoms with van der Waals surface area (Å²) in [6.07, 6.45) is 1.40. The van der Waals surface area contributed by atoms with E-state index in [-0.39, 0.29) is 11.8 Å². The monoisotopic (exact) mass is 322 g/mol. The van der Waals surface area contributed by atoms with E-state index in [0.29, 0.717) is 23.5 Å². The van der Waals surface area contributed by atoms with Crippen LogP contribution in [0.25, 0.3) is 0 Å². The van der Waals surface area contributed by atoms with Gasteiger partial charge < -0.3 is 15.0 Å². The van der Waals surface area contributed by atoms with E-state index in [0.717, 1.165) is 18.5 Å². The van der Waals surface area contributed by atoms with Crippen molar-refractivity contribution in [2.45, 2.75) is 25.9 Å². The van der Waals surface area contributed by atoms with Gasteiger partial charge in [-0.2, -0.15) is 0 Å². The largest absolute Gasteiger partial charge is 0.479 e. The summed E-state index contributed by atoms with van der Waals surface area (Å²) in [5.74, 6) is 0.322. The van der Waals surface area contributed by atoms with Crippen molar-refractivity contribution in [3.8, 4) is 5.75 Å². The van der Waals surface area contributed by atoms with Gasteiger partial charge in [0, 0.05) is 17.8 Å². The highest BCUT2D eigenvalue weighted by atomic mass is 16.5. The lowest BCUT2D eigenvalue weighted by Gasteiger charge is -2.30. The van der Waals surface area contributed by atoms with Crippen molar-refractivity contribution in [3.05, 3.63) is 53.6 Å². The molecular weight excluding hydrogens is 304 g/mol. The maximum absolute atomic E-state index is 13.0. The molecule has 2 aliphatic rings. The third-order valence-electron chi connectivity index (χ3n) is 4.51. The van der Waals surface area contributed by atoms with Crippen LogP contribution in [0.3, 0.4) is 0 Å². The molecule has 24 heavy (non-hydrogen) atoms. The number of rotatable bonds is 1. The average Bonchev–Trinajstić information content (AvgIpc) is 2.61. The summed E-state index contributed by atoms with van der Waals surface area (Å²) < 4.78 is 5.61. The fourth-order valence-corrected chi connectivity index (χ4v) is 3.23. The Hall–Kier alpha value is -2.82. The number of carbonyl (C=O) groups is 2. The minimum atomic E-state index is -0.557. The summed E-state index contributed by atoms with van der Waals surface area (Å²) in [6.45, 7) is 2.40. The fourth-order valence-electron chi connectivity index (χ4n) is 3.23. The Labute approximate surface area is 140 Å². The van der Waals surface area contributed by atoms with Crippen LogP contribution in [0.4, 0.5) is 11.4 Å². The van der Waals surface area contributed by atoms with Crippen LogP contribution < -0.4 is 15.0 Å². The normalized spacial score (nSPS) is 19.0. The zero-order valence-electron chi connectivity index (χ0n) is 13.4. The summed E-state index contributed by atoms with van der Waals surface area (Å²) >= 11 is 0. The van der Waals surface area contributed by atoms with Crippen LogP contribution in [0.1, 0.15) is 29.3 Å². The van der Waals surface area contributed by atoms with E-state index in [1.54, 1.807) is 25.1 Å². The topological polar surface area (TPSA) is 58.6 Å². The van der Waals surface area contributed by atoms with Gasteiger partial charge in [0.1, 0.15) is 5.75 Å². The van der Waals surface area contributed by atoms with Crippen molar-refractivity contribution in [3.63, 3.8) is 0 Å². The maximum Gasteiger partial charge on any atom is 0.265 e. The van der Waals surface area contributed by atoms with Crippen LogP contribution in [-0.2, 0) is 11.2 Å². The van der Waals surface area contributed by atoms with Gasteiger partial charge in [-0.3, -0.25) is 9.59 Å². The molecule has 0 aromatic heterocycles. The van der Waals surface area contributed by atoms with Gasteiger partial charge in [-0.1, -0.05) is 18.2 Å². The third-order valence-corrected chi connectivity index (χ3v) is 4.51. The first-order valence-corrected chi connectivity index (χ1v) is 8.15. The number of amides is 2. The molecule has 0 fully saturated rings. The molecule has 5 nitrogen and oxygen atoms in total. The van der Waals surface area contributed by atoms with Crippen molar-refractivity contribution in [2.24, 2.45) is 0 Å². The van der Waals surface area contributed by atoms with Crippen molar-refractivity contribution in [2.75, 3.05) is 16.8 Å². The molecule has 2 aromatic carbocycles. The number of nitrogens with zero attached hydrogens (tertiary/aromatic N) is 1. The van der Waals surface area contributed by atoms with Gasteiger partial charge in [-0.05, 0) is 49.6 Å². The number of carbonyl (C=O) groups excluding carboxylic acids is 2.